The number of carbonyl (C=O) groups is 1. The van der Waals surface area contributed by atoms with Crippen LogP contribution in [0.25, 0.3) is 0 Å². The van der Waals surface area contributed by atoms with Crippen molar-refractivity contribution in [3.8, 4) is 0 Å². The zero-order chi connectivity index (χ0) is 19.7. The maximum absolute atomic E-state index is 14.1. The van der Waals surface area contributed by atoms with E-state index in [9.17, 15) is 9.18 Å². The highest BCUT2D eigenvalue weighted by atomic mass is 35.5. The van der Waals surface area contributed by atoms with Crippen molar-refractivity contribution in [2.45, 2.75) is 64.8 Å². The summed E-state index contributed by atoms with van der Waals surface area (Å²) in [6.45, 7) is 10.5. The third kappa shape index (κ3) is 5.24. The van der Waals surface area contributed by atoms with Gasteiger partial charge in [-0.15, -0.1) is 0 Å². The number of amides is 1. The molecule has 1 heterocycles. The van der Waals surface area contributed by atoms with Gasteiger partial charge in [-0.2, -0.15) is 0 Å². The van der Waals surface area contributed by atoms with Gasteiger partial charge in [0.05, 0.1) is 15.6 Å². The number of halogens is 3. The molecule has 1 aromatic carbocycles. The summed E-state index contributed by atoms with van der Waals surface area (Å²) in [5.41, 5.74) is -1.13. The minimum Gasteiger partial charge on any atom is -0.440 e. The van der Waals surface area contributed by atoms with Crippen LogP contribution in [0.3, 0.4) is 0 Å². The molecule has 0 aromatic heterocycles. The molecule has 1 unspecified atom stereocenters. The van der Waals surface area contributed by atoms with Crippen molar-refractivity contribution in [2.75, 3.05) is 13.1 Å². The Labute approximate surface area is 164 Å². The lowest BCUT2D eigenvalue weighted by molar-refractivity contribution is -0.152. The first-order chi connectivity index (χ1) is 11.9. The average molecular weight is 406 g/mol. The number of ether oxygens (including phenoxy) is 2. The number of hydrogen-bond donors (Lipinski definition) is 0. The summed E-state index contributed by atoms with van der Waals surface area (Å²) in [5.74, 6) is -0.640. The second-order valence-electron chi connectivity index (χ2n) is 8.07. The fraction of sp³-hybridized carbons (Fsp3) is 0.632. The van der Waals surface area contributed by atoms with Crippen LogP contribution in [-0.4, -0.2) is 35.3 Å². The van der Waals surface area contributed by atoms with Crippen LogP contribution in [0.1, 0.15) is 59.1 Å². The Morgan fingerprint density at radius 1 is 1.15 bits per heavy atom. The lowest BCUT2D eigenvalue weighted by Gasteiger charge is -2.39. The van der Waals surface area contributed by atoms with Crippen LogP contribution in [0, 0.1) is 5.82 Å². The van der Waals surface area contributed by atoms with Gasteiger partial charge in [0.1, 0.15) is 17.5 Å². The Morgan fingerprint density at radius 2 is 1.73 bits per heavy atom. The zero-order valence-corrected chi connectivity index (χ0v) is 17.4. The van der Waals surface area contributed by atoms with Gasteiger partial charge in [0, 0.05) is 13.1 Å². The molecule has 7 heteroatoms. The van der Waals surface area contributed by atoms with Crippen LogP contribution in [0.15, 0.2) is 12.1 Å². The second kappa shape index (κ2) is 7.91. The Hall–Kier alpha value is -1.04. The molecule has 0 spiro atoms. The van der Waals surface area contributed by atoms with Crippen LogP contribution in [0.2, 0.25) is 10.0 Å². The van der Waals surface area contributed by atoms with E-state index in [1.165, 1.54) is 6.07 Å². The smallest absolute Gasteiger partial charge is 0.410 e. The molecule has 1 aromatic rings. The molecule has 1 atom stereocenters. The third-order valence-corrected chi connectivity index (χ3v) is 4.91. The molecule has 0 aliphatic carbocycles. The van der Waals surface area contributed by atoms with Crippen molar-refractivity contribution in [1.29, 1.82) is 0 Å². The van der Waals surface area contributed by atoms with Crippen molar-refractivity contribution in [1.82, 2.24) is 4.90 Å². The fourth-order valence-corrected chi connectivity index (χ4v) is 3.26. The van der Waals surface area contributed by atoms with Crippen molar-refractivity contribution < 1.29 is 18.7 Å². The van der Waals surface area contributed by atoms with E-state index < -0.39 is 29.2 Å². The number of likely N-dealkylation sites (tertiary alicyclic amines) is 1. The average Bonchev–Trinajstić information content (AvgIpc) is 3.03. The van der Waals surface area contributed by atoms with Gasteiger partial charge in [-0.25, -0.2) is 9.18 Å². The van der Waals surface area contributed by atoms with E-state index in [0.29, 0.717) is 18.7 Å². The van der Waals surface area contributed by atoms with Gasteiger partial charge in [-0.05, 0) is 65.2 Å². The van der Waals surface area contributed by atoms with Crippen molar-refractivity contribution in [2.24, 2.45) is 0 Å². The van der Waals surface area contributed by atoms with Crippen LogP contribution < -0.4 is 0 Å². The highest BCUT2D eigenvalue weighted by molar-refractivity contribution is 6.42. The highest BCUT2D eigenvalue weighted by Crippen LogP contribution is 2.39. The molecule has 0 N–H and O–H groups in total. The van der Waals surface area contributed by atoms with Crippen molar-refractivity contribution in [3.05, 3.63) is 33.6 Å². The van der Waals surface area contributed by atoms with E-state index in [1.54, 1.807) is 24.8 Å². The zero-order valence-electron chi connectivity index (χ0n) is 15.9. The van der Waals surface area contributed by atoms with Gasteiger partial charge in [0.2, 0.25) is 0 Å². The van der Waals surface area contributed by atoms with Gasteiger partial charge in [-0.3, -0.25) is 0 Å². The first-order valence-electron chi connectivity index (χ1n) is 8.71. The fourth-order valence-electron chi connectivity index (χ4n) is 2.93. The molecular weight excluding hydrogens is 380 g/mol. The lowest BCUT2D eigenvalue weighted by atomic mass is 9.93. The summed E-state index contributed by atoms with van der Waals surface area (Å²) < 4.78 is 26.0. The van der Waals surface area contributed by atoms with Crippen LogP contribution >= 0.6 is 23.2 Å². The van der Waals surface area contributed by atoms with Crippen molar-refractivity contribution >= 4 is 29.3 Å². The first kappa shape index (κ1) is 21.3. The Kier molecular flexibility index (Phi) is 6.47. The summed E-state index contributed by atoms with van der Waals surface area (Å²) in [7, 11) is 0. The minimum absolute atomic E-state index is 0.0887. The van der Waals surface area contributed by atoms with Gasteiger partial charge < -0.3 is 14.4 Å². The lowest BCUT2D eigenvalue weighted by Crippen LogP contribution is -2.43. The van der Waals surface area contributed by atoms with Gasteiger partial charge in [0.15, 0.2) is 0 Å². The normalized spacial score (nSPS) is 16.7. The number of nitrogens with zero attached hydrogens (tertiary/aromatic N) is 1. The number of rotatable bonds is 4. The maximum Gasteiger partial charge on any atom is 0.410 e. The second-order valence-corrected chi connectivity index (χ2v) is 8.86. The molecule has 0 bridgehead atoms. The quantitative estimate of drug-likeness (QED) is 0.576. The Morgan fingerprint density at radius 3 is 2.23 bits per heavy atom. The van der Waals surface area contributed by atoms with E-state index in [-0.39, 0.29) is 10.0 Å². The van der Waals surface area contributed by atoms with Crippen LogP contribution in [0.5, 0.6) is 0 Å². The molecule has 2 rings (SSSR count). The number of carbonyl (C=O) groups excluding carboxylic acids is 1. The number of benzene rings is 1. The van der Waals surface area contributed by atoms with Crippen molar-refractivity contribution in [3.63, 3.8) is 0 Å². The largest absolute Gasteiger partial charge is 0.440 e. The number of hydrogen-bond acceptors (Lipinski definition) is 3. The topological polar surface area (TPSA) is 38.8 Å². The standard InChI is InChI=1S/C19H26Cl2FNO3/c1-18(2,3)25-16(12-10-13(20)15(21)14(22)11-12)19(4,5)26-17(24)23-8-6-7-9-23/h10-11,16H,6-9H2,1-5H3. The molecule has 4 nitrogen and oxygen atoms in total. The SMILES string of the molecule is CC(C)(C)OC(c1cc(F)c(Cl)c(Cl)c1)C(C)(C)OC(=O)N1CCCC1. The molecule has 1 amide bonds. The van der Waals surface area contributed by atoms with E-state index in [1.807, 2.05) is 20.8 Å². The van der Waals surface area contributed by atoms with E-state index in [0.717, 1.165) is 12.8 Å². The predicted octanol–water partition coefficient (Wildman–Crippen LogP) is 6.00. The van der Waals surface area contributed by atoms with Crippen LogP contribution in [-0.2, 0) is 9.47 Å². The van der Waals surface area contributed by atoms with Gasteiger partial charge in [-0.1, -0.05) is 23.2 Å². The molecule has 1 aliphatic rings. The van der Waals surface area contributed by atoms with Gasteiger partial charge >= 0.3 is 6.09 Å². The molecule has 0 saturated carbocycles. The first-order valence-corrected chi connectivity index (χ1v) is 9.46. The van der Waals surface area contributed by atoms with Gasteiger partial charge in [0.25, 0.3) is 0 Å². The molecule has 146 valence electrons. The predicted molar refractivity (Wildman–Crippen MR) is 101 cm³/mol. The summed E-state index contributed by atoms with van der Waals surface area (Å²) in [5, 5.41) is -0.0531. The molecule has 1 fully saturated rings. The summed E-state index contributed by atoms with van der Waals surface area (Å²) >= 11 is 11.9. The summed E-state index contributed by atoms with van der Waals surface area (Å²) in [6, 6.07) is 2.82. The molecule has 26 heavy (non-hydrogen) atoms. The molecular formula is C19H26Cl2FNO3. The van der Waals surface area contributed by atoms with Crippen LogP contribution in [0.4, 0.5) is 9.18 Å². The highest BCUT2D eigenvalue weighted by Gasteiger charge is 2.40. The Bertz CT molecular complexity index is 644. The molecule has 1 aliphatic heterocycles. The Balaban J connectivity index is 2.35. The third-order valence-electron chi connectivity index (χ3n) is 4.13. The summed E-state index contributed by atoms with van der Waals surface area (Å²) in [4.78, 5) is 14.1. The molecule has 1 saturated heterocycles. The van der Waals surface area contributed by atoms with E-state index >= 15 is 0 Å². The molecule has 0 radical (unpaired) electrons. The monoisotopic (exact) mass is 405 g/mol. The minimum atomic E-state index is -1.05. The van der Waals surface area contributed by atoms with E-state index in [2.05, 4.69) is 0 Å². The van der Waals surface area contributed by atoms with E-state index in [4.69, 9.17) is 32.7 Å². The summed E-state index contributed by atoms with van der Waals surface area (Å²) in [6.07, 6.45) is 0.819. The maximum atomic E-state index is 14.1.